The highest BCUT2D eigenvalue weighted by atomic mass is 35.5. The van der Waals surface area contributed by atoms with Gasteiger partial charge in [-0.1, -0.05) is 43.1 Å². The van der Waals surface area contributed by atoms with Crippen molar-refractivity contribution in [2.45, 2.75) is 49.7 Å². The van der Waals surface area contributed by atoms with Crippen LogP contribution in [0.3, 0.4) is 0 Å². The summed E-state index contributed by atoms with van der Waals surface area (Å²) >= 11 is 15.0. The quantitative estimate of drug-likeness (QED) is 0.207. The number of hydrogen-bond donors (Lipinski definition) is 2. The first-order chi connectivity index (χ1) is 18.2. The third kappa shape index (κ3) is 6.54. The van der Waals surface area contributed by atoms with Crippen LogP contribution in [0, 0.1) is 5.92 Å². The summed E-state index contributed by atoms with van der Waals surface area (Å²) in [6.07, 6.45) is 3.28. The number of benzene rings is 2. The summed E-state index contributed by atoms with van der Waals surface area (Å²) in [5.41, 5.74) is 2.38. The molecule has 1 heterocycles. The number of hydrogen-bond acceptors (Lipinski definition) is 6. The molecule has 1 aliphatic carbocycles. The molecule has 2 N–H and O–H groups in total. The van der Waals surface area contributed by atoms with Gasteiger partial charge in [-0.25, -0.2) is 4.79 Å². The predicted octanol–water partition coefficient (Wildman–Crippen LogP) is 7.73. The number of amides is 2. The molecule has 4 rings (SSSR count). The summed E-state index contributed by atoms with van der Waals surface area (Å²) in [5, 5.41) is 6.72. The van der Waals surface area contributed by atoms with Gasteiger partial charge in [0.05, 0.1) is 28.5 Å². The molecule has 0 bridgehead atoms. The maximum Gasteiger partial charge on any atom is 0.341 e. The molecule has 0 saturated heterocycles. The molecule has 0 aliphatic heterocycles. The maximum absolute atomic E-state index is 13.3. The Bertz CT molecular complexity index is 1370. The Labute approximate surface area is 240 Å². The molecular formula is C28H28Cl2N2O4S2. The summed E-state index contributed by atoms with van der Waals surface area (Å²) in [6, 6.07) is 12.0. The van der Waals surface area contributed by atoms with Gasteiger partial charge in [0.1, 0.15) is 5.00 Å². The highest BCUT2D eigenvalue weighted by molar-refractivity contribution is 8.00. The fourth-order valence-corrected chi connectivity index (χ4v) is 7.26. The topological polar surface area (TPSA) is 84.5 Å². The Morgan fingerprint density at radius 3 is 2.66 bits per heavy atom. The average molecular weight is 592 g/mol. The summed E-state index contributed by atoms with van der Waals surface area (Å²) < 4.78 is 5.04. The van der Waals surface area contributed by atoms with Gasteiger partial charge in [0.25, 0.3) is 5.91 Å². The SMILES string of the molecule is CCC(Sc1cccc(NC(=O)c2ccc(Cl)cc2Cl)c1)C(=O)Nc1sc2c(c1C(=O)OC)CCC(C)C2. The van der Waals surface area contributed by atoms with Crippen molar-refractivity contribution in [2.24, 2.45) is 5.92 Å². The molecule has 2 aromatic carbocycles. The van der Waals surface area contributed by atoms with Crippen LogP contribution in [-0.4, -0.2) is 30.1 Å². The zero-order chi connectivity index (χ0) is 27.4. The molecule has 0 radical (unpaired) electrons. The molecule has 1 aromatic heterocycles. The van der Waals surface area contributed by atoms with Gasteiger partial charge in [-0.2, -0.15) is 0 Å². The minimum atomic E-state index is -0.419. The molecule has 38 heavy (non-hydrogen) atoms. The van der Waals surface area contributed by atoms with E-state index in [4.69, 9.17) is 27.9 Å². The maximum atomic E-state index is 13.3. The van der Waals surface area contributed by atoms with E-state index < -0.39 is 11.2 Å². The van der Waals surface area contributed by atoms with E-state index in [1.54, 1.807) is 18.2 Å². The second kappa shape index (κ2) is 12.6. The van der Waals surface area contributed by atoms with E-state index in [2.05, 4.69) is 17.6 Å². The van der Waals surface area contributed by atoms with E-state index in [0.29, 0.717) is 39.2 Å². The van der Waals surface area contributed by atoms with Crippen LogP contribution in [0.25, 0.3) is 0 Å². The zero-order valence-corrected chi connectivity index (χ0v) is 24.4. The number of thiophene rings is 1. The molecule has 0 fully saturated rings. The molecular weight excluding hydrogens is 563 g/mol. The number of methoxy groups -OCH3 is 1. The van der Waals surface area contributed by atoms with Crippen molar-refractivity contribution in [3.05, 3.63) is 74.1 Å². The molecule has 3 aromatic rings. The lowest BCUT2D eigenvalue weighted by molar-refractivity contribution is -0.115. The lowest BCUT2D eigenvalue weighted by Crippen LogP contribution is -2.25. The third-order valence-corrected chi connectivity index (χ3v) is 9.42. The number of carbonyl (C=O) groups is 3. The smallest absolute Gasteiger partial charge is 0.341 e. The van der Waals surface area contributed by atoms with Gasteiger partial charge in [0.15, 0.2) is 0 Å². The molecule has 2 unspecified atom stereocenters. The molecule has 0 spiro atoms. The first-order valence-corrected chi connectivity index (χ1v) is 14.7. The minimum Gasteiger partial charge on any atom is -0.465 e. The number of rotatable bonds is 8. The van der Waals surface area contributed by atoms with E-state index in [-0.39, 0.29) is 16.8 Å². The normalized spacial score (nSPS) is 15.3. The van der Waals surface area contributed by atoms with Crippen molar-refractivity contribution in [3.63, 3.8) is 0 Å². The molecule has 200 valence electrons. The molecule has 6 nitrogen and oxygen atoms in total. The van der Waals surface area contributed by atoms with Gasteiger partial charge in [-0.15, -0.1) is 23.1 Å². The van der Waals surface area contributed by atoms with Crippen LogP contribution < -0.4 is 10.6 Å². The number of anilines is 2. The van der Waals surface area contributed by atoms with Crippen LogP contribution in [0.2, 0.25) is 10.0 Å². The van der Waals surface area contributed by atoms with Crippen molar-refractivity contribution >= 4 is 74.8 Å². The second-order valence-electron chi connectivity index (χ2n) is 9.16. The summed E-state index contributed by atoms with van der Waals surface area (Å²) in [6.45, 7) is 4.14. The van der Waals surface area contributed by atoms with Crippen LogP contribution in [-0.2, 0) is 22.4 Å². The zero-order valence-electron chi connectivity index (χ0n) is 21.2. The molecule has 2 atom stereocenters. The summed E-state index contributed by atoms with van der Waals surface area (Å²) in [7, 11) is 1.36. The van der Waals surface area contributed by atoms with Crippen LogP contribution in [0.1, 0.15) is 57.8 Å². The van der Waals surface area contributed by atoms with Gasteiger partial charge in [0.2, 0.25) is 5.91 Å². The van der Waals surface area contributed by atoms with Crippen LogP contribution >= 0.6 is 46.3 Å². The van der Waals surface area contributed by atoms with Crippen molar-refractivity contribution in [3.8, 4) is 0 Å². The van der Waals surface area contributed by atoms with Crippen molar-refractivity contribution in [2.75, 3.05) is 17.7 Å². The minimum absolute atomic E-state index is 0.184. The van der Waals surface area contributed by atoms with Gasteiger partial charge in [-0.05, 0) is 73.6 Å². The van der Waals surface area contributed by atoms with Crippen LogP contribution in [0.15, 0.2) is 47.4 Å². The largest absolute Gasteiger partial charge is 0.465 e. The Hall–Kier alpha value is -2.52. The number of halogens is 2. The Morgan fingerprint density at radius 1 is 1.16 bits per heavy atom. The number of esters is 1. The van der Waals surface area contributed by atoms with E-state index in [9.17, 15) is 14.4 Å². The fourth-order valence-electron chi connectivity index (χ4n) is 4.35. The highest BCUT2D eigenvalue weighted by Gasteiger charge is 2.30. The predicted molar refractivity (Wildman–Crippen MR) is 156 cm³/mol. The standard InChI is InChI=1S/C28H28Cl2N2O4S2/c1-4-22(26(34)32-27-24(28(35)36-3)20-10-8-15(2)12-23(20)38-27)37-18-7-5-6-17(14-18)31-25(33)19-11-9-16(29)13-21(19)30/h5-7,9,11,13-15,22H,4,8,10,12H2,1-3H3,(H,31,33)(H,32,34). The molecule has 0 saturated carbocycles. The Kier molecular flexibility index (Phi) is 9.41. The van der Waals surface area contributed by atoms with Crippen molar-refractivity contribution in [1.82, 2.24) is 0 Å². The fraction of sp³-hybridized carbons (Fsp3) is 0.321. The molecule has 2 amide bonds. The van der Waals surface area contributed by atoms with Gasteiger partial charge >= 0.3 is 5.97 Å². The lowest BCUT2D eigenvalue weighted by Gasteiger charge is -2.18. The van der Waals surface area contributed by atoms with E-state index in [1.165, 1.54) is 36.3 Å². The third-order valence-electron chi connectivity index (χ3n) is 6.35. The number of carbonyl (C=O) groups excluding carboxylic acids is 3. The van der Waals surface area contributed by atoms with Crippen LogP contribution in [0.4, 0.5) is 10.7 Å². The van der Waals surface area contributed by atoms with E-state index >= 15 is 0 Å². The van der Waals surface area contributed by atoms with Gasteiger partial charge < -0.3 is 15.4 Å². The number of nitrogens with one attached hydrogen (secondary N) is 2. The highest BCUT2D eigenvalue weighted by Crippen LogP contribution is 2.40. The van der Waals surface area contributed by atoms with E-state index in [0.717, 1.165) is 34.6 Å². The number of fused-ring (bicyclic) bond motifs is 1. The van der Waals surface area contributed by atoms with Gasteiger partial charge in [0, 0.05) is 20.5 Å². The molecule has 1 aliphatic rings. The van der Waals surface area contributed by atoms with Gasteiger partial charge in [-0.3, -0.25) is 9.59 Å². The number of ether oxygens (including phenoxy) is 1. The second-order valence-corrected chi connectivity index (χ2v) is 12.4. The Morgan fingerprint density at radius 2 is 1.95 bits per heavy atom. The summed E-state index contributed by atoms with van der Waals surface area (Å²) in [4.78, 5) is 40.6. The lowest BCUT2D eigenvalue weighted by atomic mass is 9.88. The first-order valence-electron chi connectivity index (χ1n) is 12.3. The number of thioether (sulfide) groups is 1. The van der Waals surface area contributed by atoms with Crippen molar-refractivity contribution in [1.29, 1.82) is 0 Å². The Balaban J connectivity index is 1.48. The average Bonchev–Trinajstić information content (AvgIpc) is 3.23. The summed E-state index contributed by atoms with van der Waals surface area (Å²) in [5.74, 6) is -0.420. The van der Waals surface area contributed by atoms with Crippen LogP contribution in [0.5, 0.6) is 0 Å². The monoisotopic (exact) mass is 590 g/mol. The van der Waals surface area contributed by atoms with Crippen molar-refractivity contribution < 1.29 is 19.1 Å². The van der Waals surface area contributed by atoms with E-state index in [1.807, 2.05) is 25.1 Å². The first kappa shape index (κ1) is 28.5. The molecule has 10 heteroatoms.